The van der Waals surface area contributed by atoms with E-state index in [0.717, 1.165) is 12.1 Å². The molecule has 41 heavy (non-hydrogen) atoms. The molecule has 3 amide bonds. The van der Waals surface area contributed by atoms with E-state index in [1.54, 1.807) is 5.32 Å². The zero-order chi connectivity index (χ0) is 31.1. The van der Waals surface area contributed by atoms with Gasteiger partial charge in [-0.05, 0) is 29.7 Å². The Morgan fingerprint density at radius 2 is 1.49 bits per heavy atom. The van der Waals surface area contributed by atoms with Crippen LogP contribution in [0.5, 0.6) is 5.75 Å². The van der Waals surface area contributed by atoms with Crippen molar-refractivity contribution in [3.8, 4) is 5.75 Å². The summed E-state index contributed by atoms with van der Waals surface area (Å²) in [4.78, 5) is 50.4. The van der Waals surface area contributed by atoms with Gasteiger partial charge in [-0.25, -0.2) is 0 Å². The molecule has 9 nitrogen and oxygen atoms in total. The fourth-order valence-corrected chi connectivity index (χ4v) is 3.82. The first kappa shape index (κ1) is 33.4. The van der Waals surface area contributed by atoms with E-state index in [4.69, 9.17) is 16.3 Å². The third-order valence-electron chi connectivity index (χ3n) is 5.83. The predicted octanol–water partition coefficient (Wildman–Crippen LogP) is 3.05. The Morgan fingerprint density at radius 3 is 1.98 bits per heavy atom. The highest BCUT2D eigenvalue weighted by Crippen LogP contribution is 2.33. The molecule has 0 saturated carbocycles. The monoisotopic (exact) mass is 607 g/mol. The molecule has 3 unspecified atom stereocenters. The SMILES string of the molecule is COc1ccc(C(NC(=O)C(CO)NC(=O)C(F)(F)c2ccccc2Cl)C(=O)NC(C(=O)C(F)(F)F)C(C)C)cc1. The molecule has 0 fully saturated rings. The van der Waals surface area contributed by atoms with Crippen LogP contribution in [0.3, 0.4) is 0 Å². The second-order valence-electron chi connectivity index (χ2n) is 9.07. The fourth-order valence-electron chi connectivity index (χ4n) is 3.57. The van der Waals surface area contributed by atoms with Crippen LogP contribution in [0.4, 0.5) is 22.0 Å². The number of nitrogens with one attached hydrogen (secondary N) is 3. The molecule has 0 heterocycles. The number of hydrogen-bond acceptors (Lipinski definition) is 6. The molecule has 4 N–H and O–H groups in total. The first-order valence-electron chi connectivity index (χ1n) is 11.9. The highest BCUT2D eigenvalue weighted by atomic mass is 35.5. The van der Waals surface area contributed by atoms with Gasteiger partial charge in [0.25, 0.3) is 11.7 Å². The molecule has 0 radical (unpaired) electrons. The maximum absolute atomic E-state index is 14.8. The lowest BCUT2D eigenvalue weighted by atomic mass is 9.97. The lowest BCUT2D eigenvalue weighted by Crippen LogP contribution is -2.56. The molecule has 2 rings (SSSR count). The van der Waals surface area contributed by atoms with E-state index in [1.165, 1.54) is 57.4 Å². The minimum Gasteiger partial charge on any atom is -0.497 e. The maximum Gasteiger partial charge on any atom is 0.452 e. The number of alkyl halides is 5. The Labute approximate surface area is 236 Å². The van der Waals surface area contributed by atoms with Crippen molar-refractivity contribution in [3.05, 3.63) is 64.7 Å². The second kappa shape index (κ2) is 13.7. The molecular formula is C26H27ClF5N3O6. The smallest absolute Gasteiger partial charge is 0.452 e. The zero-order valence-corrected chi connectivity index (χ0v) is 22.6. The van der Waals surface area contributed by atoms with Gasteiger partial charge in [-0.15, -0.1) is 0 Å². The molecular weight excluding hydrogens is 581 g/mol. The minimum atomic E-state index is -5.28. The summed E-state index contributed by atoms with van der Waals surface area (Å²) in [5.41, 5.74) is -0.885. The summed E-state index contributed by atoms with van der Waals surface area (Å²) >= 11 is 5.76. The second-order valence-corrected chi connectivity index (χ2v) is 9.48. The van der Waals surface area contributed by atoms with Gasteiger partial charge in [0.05, 0.1) is 24.8 Å². The summed E-state index contributed by atoms with van der Waals surface area (Å²) in [6.07, 6.45) is -5.28. The van der Waals surface area contributed by atoms with Gasteiger partial charge in [-0.1, -0.05) is 55.8 Å². The van der Waals surface area contributed by atoms with Gasteiger partial charge < -0.3 is 25.8 Å². The Bertz CT molecular complexity index is 1260. The highest BCUT2D eigenvalue weighted by molar-refractivity contribution is 6.31. The van der Waals surface area contributed by atoms with Gasteiger partial charge in [-0.3, -0.25) is 19.2 Å². The molecule has 15 heteroatoms. The topological polar surface area (TPSA) is 134 Å². The van der Waals surface area contributed by atoms with Crippen LogP contribution in [-0.4, -0.2) is 60.6 Å². The Morgan fingerprint density at radius 1 is 0.902 bits per heavy atom. The van der Waals surface area contributed by atoms with Crippen molar-refractivity contribution >= 4 is 35.1 Å². The molecule has 0 aliphatic carbocycles. The van der Waals surface area contributed by atoms with Gasteiger partial charge in [-0.2, -0.15) is 22.0 Å². The standard InChI is InChI=1S/C26H27ClF5N3O6/c1-13(2)19(21(37)26(30,31)32)34-23(39)20(14-8-10-15(41-3)11-9-14)35-22(38)18(12-36)33-24(40)25(28,29)16-6-4-5-7-17(16)27/h4-11,13,18-20,36H,12H2,1-3H3,(H,33,40)(H,34,39)(H,35,38). The molecule has 0 bridgehead atoms. The van der Waals surface area contributed by atoms with Crippen molar-refractivity contribution in [2.75, 3.05) is 13.7 Å². The Hall–Kier alpha value is -3.78. The van der Waals surface area contributed by atoms with E-state index in [1.807, 2.05) is 5.32 Å². The van der Waals surface area contributed by atoms with E-state index >= 15 is 0 Å². The van der Waals surface area contributed by atoms with Gasteiger partial charge in [0.15, 0.2) is 0 Å². The number of methoxy groups -OCH3 is 1. The number of carbonyl (C=O) groups is 4. The third kappa shape index (κ3) is 8.36. The minimum absolute atomic E-state index is 0.0111. The number of ketones is 1. The van der Waals surface area contributed by atoms with Crippen molar-refractivity contribution in [2.45, 2.75) is 44.1 Å². The van der Waals surface area contributed by atoms with Crippen LogP contribution >= 0.6 is 11.6 Å². The van der Waals surface area contributed by atoms with E-state index in [9.17, 15) is 46.2 Å². The van der Waals surface area contributed by atoms with E-state index in [2.05, 4.69) is 5.32 Å². The Balaban J connectivity index is 2.35. The fraction of sp³-hybridized carbons (Fsp3) is 0.385. The summed E-state index contributed by atoms with van der Waals surface area (Å²) in [6.45, 7) is 1.31. The van der Waals surface area contributed by atoms with Gasteiger partial charge in [0, 0.05) is 5.56 Å². The van der Waals surface area contributed by atoms with Crippen molar-refractivity contribution in [1.29, 1.82) is 0 Å². The number of aliphatic hydroxyl groups excluding tert-OH is 1. The summed E-state index contributed by atoms with van der Waals surface area (Å²) in [6, 6.07) is 3.97. The summed E-state index contributed by atoms with van der Waals surface area (Å²) in [5.74, 6) is -11.8. The number of halogens is 6. The molecule has 0 saturated heterocycles. The number of hydrogen-bond donors (Lipinski definition) is 4. The molecule has 0 spiro atoms. The van der Waals surface area contributed by atoms with Crippen LogP contribution in [0.25, 0.3) is 0 Å². The lowest BCUT2D eigenvalue weighted by Gasteiger charge is -2.27. The van der Waals surface area contributed by atoms with Crippen molar-refractivity contribution < 1.29 is 51.0 Å². The van der Waals surface area contributed by atoms with Crippen LogP contribution in [0, 0.1) is 5.92 Å². The van der Waals surface area contributed by atoms with E-state index in [0.29, 0.717) is 5.75 Å². The number of amides is 3. The zero-order valence-electron chi connectivity index (χ0n) is 21.9. The van der Waals surface area contributed by atoms with Gasteiger partial charge in [0.2, 0.25) is 11.8 Å². The first-order chi connectivity index (χ1) is 19.0. The Kier molecular flexibility index (Phi) is 11.2. The van der Waals surface area contributed by atoms with Crippen LogP contribution in [0.1, 0.15) is 31.0 Å². The first-order valence-corrected chi connectivity index (χ1v) is 12.3. The normalized spacial score (nSPS) is 14.0. The molecule has 2 aromatic carbocycles. The number of ether oxygens (including phenoxy) is 1. The number of aliphatic hydroxyl groups is 1. The molecule has 0 aromatic heterocycles. The molecule has 0 aliphatic rings. The largest absolute Gasteiger partial charge is 0.497 e. The predicted molar refractivity (Wildman–Crippen MR) is 136 cm³/mol. The van der Waals surface area contributed by atoms with E-state index < -0.39 is 76.8 Å². The average molecular weight is 608 g/mol. The quantitative estimate of drug-likeness (QED) is 0.274. The van der Waals surface area contributed by atoms with E-state index in [-0.39, 0.29) is 5.56 Å². The molecule has 224 valence electrons. The molecule has 0 aliphatic heterocycles. The number of benzene rings is 2. The summed E-state index contributed by atoms with van der Waals surface area (Å²) < 4.78 is 73.9. The van der Waals surface area contributed by atoms with Crippen LogP contribution in [0.2, 0.25) is 5.02 Å². The lowest BCUT2D eigenvalue weighted by molar-refractivity contribution is -0.175. The number of rotatable bonds is 12. The average Bonchev–Trinajstić information content (AvgIpc) is 2.91. The van der Waals surface area contributed by atoms with Crippen LogP contribution in [-0.2, 0) is 25.1 Å². The molecule has 2 aromatic rings. The van der Waals surface area contributed by atoms with Crippen molar-refractivity contribution in [3.63, 3.8) is 0 Å². The third-order valence-corrected chi connectivity index (χ3v) is 6.16. The van der Waals surface area contributed by atoms with Crippen molar-refractivity contribution in [2.24, 2.45) is 5.92 Å². The molecule has 3 atom stereocenters. The van der Waals surface area contributed by atoms with Crippen LogP contribution < -0.4 is 20.7 Å². The summed E-state index contributed by atoms with van der Waals surface area (Å²) in [7, 11) is 1.34. The van der Waals surface area contributed by atoms with Gasteiger partial charge in [0.1, 0.15) is 17.8 Å². The maximum atomic E-state index is 14.8. The number of carbonyl (C=O) groups excluding carboxylic acids is 4. The van der Waals surface area contributed by atoms with Crippen molar-refractivity contribution in [1.82, 2.24) is 16.0 Å². The summed E-state index contributed by atoms with van der Waals surface area (Å²) in [5, 5.41) is 15.0. The van der Waals surface area contributed by atoms with Gasteiger partial charge >= 0.3 is 12.1 Å². The highest BCUT2D eigenvalue weighted by Gasteiger charge is 2.46. The van der Waals surface area contributed by atoms with Crippen LogP contribution in [0.15, 0.2) is 48.5 Å². The number of Topliss-reactive ketones (excluding diaryl/α,β-unsaturated/α-hetero) is 1.